The highest BCUT2D eigenvalue weighted by Gasteiger charge is 2.24. The maximum Gasteiger partial charge on any atom is 0.185 e. The summed E-state index contributed by atoms with van der Waals surface area (Å²) < 4.78 is 16.3. The molecule has 1 aromatic carbocycles. The minimum atomic E-state index is 0.326. The Labute approximate surface area is 165 Å². The van der Waals surface area contributed by atoms with Gasteiger partial charge in [0, 0.05) is 44.7 Å². The maximum atomic E-state index is 5.74. The summed E-state index contributed by atoms with van der Waals surface area (Å²) in [5, 5.41) is 3.26. The number of nitrogens with zero attached hydrogens (tertiary/aromatic N) is 3. The SMILES string of the molecule is COCCOc1ccc([C@H](C)N2CCN(c3nc(C)cs3)CC2)cc1OC. The molecule has 1 fully saturated rings. The summed E-state index contributed by atoms with van der Waals surface area (Å²) in [7, 11) is 3.35. The molecule has 0 radical (unpaired) electrons. The third-order valence-corrected chi connectivity index (χ3v) is 5.97. The third kappa shape index (κ3) is 4.91. The van der Waals surface area contributed by atoms with E-state index in [1.165, 1.54) is 5.56 Å². The van der Waals surface area contributed by atoms with Crippen molar-refractivity contribution >= 4 is 16.5 Å². The highest BCUT2D eigenvalue weighted by atomic mass is 32.1. The van der Waals surface area contributed by atoms with Crippen molar-refractivity contribution in [2.45, 2.75) is 19.9 Å². The second-order valence-electron chi connectivity index (χ2n) is 6.72. The Morgan fingerprint density at radius 3 is 2.52 bits per heavy atom. The van der Waals surface area contributed by atoms with Crippen LogP contribution in [0.15, 0.2) is 23.6 Å². The minimum absolute atomic E-state index is 0.326. The summed E-state index contributed by atoms with van der Waals surface area (Å²) in [5.74, 6) is 1.53. The summed E-state index contributed by atoms with van der Waals surface area (Å²) in [5.41, 5.74) is 2.34. The molecule has 0 spiro atoms. The Hall–Kier alpha value is -1.83. The maximum absolute atomic E-state index is 5.74. The molecule has 0 unspecified atom stereocenters. The molecule has 0 bridgehead atoms. The highest BCUT2D eigenvalue weighted by molar-refractivity contribution is 7.13. The predicted octanol–water partition coefficient (Wildman–Crippen LogP) is 3.37. The van der Waals surface area contributed by atoms with Gasteiger partial charge in [0.2, 0.25) is 0 Å². The number of thiazole rings is 1. The molecule has 0 aliphatic carbocycles. The molecule has 148 valence electrons. The number of aromatic nitrogens is 1. The Morgan fingerprint density at radius 2 is 1.89 bits per heavy atom. The predicted molar refractivity (Wildman–Crippen MR) is 109 cm³/mol. The molecule has 1 aromatic heterocycles. The standard InChI is InChI=1S/C20H29N3O3S/c1-15-14-27-20(21-15)23-9-7-22(8-10-23)16(2)17-5-6-18(19(13-17)25-4)26-12-11-24-3/h5-6,13-14,16H,7-12H2,1-4H3/t16-/m0/s1. The molecular formula is C20H29N3O3S. The van der Waals surface area contributed by atoms with Crippen molar-refractivity contribution in [3.8, 4) is 11.5 Å². The lowest BCUT2D eigenvalue weighted by atomic mass is 10.1. The van der Waals surface area contributed by atoms with Crippen molar-refractivity contribution in [2.24, 2.45) is 0 Å². The van der Waals surface area contributed by atoms with Gasteiger partial charge in [-0.2, -0.15) is 0 Å². The molecule has 7 heteroatoms. The number of piperazine rings is 1. The van der Waals surface area contributed by atoms with Gasteiger partial charge in [0.05, 0.1) is 19.4 Å². The lowest BCUT2D eigenvalue weighted by Crippen LogP contribution is -2.47. The average molecular weight is 392 g/mol. The molecule has 1 atom stereocenters. The lowest BCUT2D eigenvalue weighted by molar-refractivity contribution is 0.144. The van der Waals surface area contributed by atoms with E-state index in [4.69, 9.17) is 14.2 Å². The van der Waals surface area contributed by atoms with Crippen LogP contribution in [-0.4, -0.2) is 63.5 Å². The summed E-state index contributed by atoms with van der Waals surface area (Å²) in [4.78, 5) is 9.51. The van der Waals surface area contributed by atoms with Gasteiger partial charge in [0.15, 0.2) is 16.6 Å². The van der Waals surface area contributed by atoms with Crippen molar-refractivity contribution in [3.63, 3.8) is 0 Å². The quantitative estimate of drug-likeness (QED) is 0.643. The van der Waals surface area contributed by atoms with Gasteiger partial charge in [-0.05, 0) is 31.5 Å². The van der Waals surface area contributed by atoms with Gasteiger partial charge in [0.1, 0.15) is 6.61 Å². The molecule has 1 saturated heterocycles. The molecule has 27 heavy (non-hydrogen) atoms. The van der Waals surface area contributed by atoms with E-state index in [1.807, 2.05) is 13.0 Å². The summed E-state index contributed by atoms with van der Waals surface area (Å²) in [6.07, 6.45) is 0. The first-order chi connectivity index (χ1) is 13.1. The van der Waals surface area contributed by atoms with E-state index in [-0.39, 0.29) is 0 Å². The van der Waals surface area contributed by atoms with Crippen molar-refractivity contribution in [1.29, 1.82) is 0 Å². The monoisotopic (exact) mass is 391 g/mol. The van der Waals surface area contributed by atoms with Crippen LogP contribution in [-0.2, 0) is 4.74 Å². The largest absolute Gasteiger partial charge is 0.493 e. The molecule has 0 amide bonds. The van der Waals surface area contributed by atoms with E-state index in [2.05, 4.69) is 39.2 Å². The Morgan fingerprint density at radius 1 is 1.11 bits per heavy atom. The van der Waals surface area contributed by atoms with Crippen LogP contribution in [0.3, 0.4) is 0 Å². The highest BCUT2D eigenvalue weighted by Crippen LogP contribution is 2.33. The number of ether oxygens (including phenoxy) is 3. The number of aryl methyl sites for hydroxylation is 1. The van der Waals surface area contributed by atoms with Crippen LogP contribution in [0.5, 0.6) is 11.5 Å². The topological polar surface area (TPSA) is 47.1 Å². The molecule has 0 saturated carbocycles. The van der Waals surface area contributed by atoms with Gasteiger partial charge in [-0.1, -0.05) is 6.07 Å². The minimum Gasteiger partial charge on any atom is -0.493 e. The van der Waals surface area contributed by atoms with Crippen LogP contribution in [0.2, 0.25) is 0 Å². The lowest BCUT2D eigenvalue weighted by Gasteiger charge is -2.38. The van der Waals surface area contributed by atoms with Crippen molar-refractivity contribution in [2.75, 3.05) is 58.5 Å². The van der Waals surface area contributed by atoms with Crippen molar-refractivity contribution in [1.82, 2.24) is 9.88 Å². The zero-order valence-corrected chi connectivity index (χ0v) is 17.4. The first-order valence-electron chi connectivity index (χ1n) is 9.33. The first-order valence-corrected chi connectivity index (χ1v) is 10.2. The van der Waals surface area contributed by atoms with E-state index < -0.39 is 0 Å². The molecule has 1 aliphatic heterocycles. The van der Waals surface area contributed by atoms with Gasteiger partial charge in [-0.3, -0.25) is 4.90 Å². The van der Waals surface area contributed by atoms with E-state index in [0.717, 1.165) is 48.5 Å². The van der Waals surface area contributed by atoms with E-state index in [1.54, 1.807) is 25.6 Å². The van der Waals surface area contributed by atoms with Gasteiger partial charge >= 0.3 is 0 Å². The van der Waals surface area contributed by atoms with Crippen molar-refractivity contribution in [3.05, 3.63) is 34.8 Å². The van der Waals surface area contributed by atoms with Crippen LogP contribution < -0.4 is 14.4 Å². The molecular weight excluding hydrogens is 362 g/mol. The Balaban J connectivity index is 1.61. The summed E-state index contributed by atoms with van der Waals surface area (Å²) in [6, 6.07) is 6.54. The van der Waals surface area contributed by atoms with Crippen LogP contribution in [0, 0.1) is 6.92 Å². The fourth-order valence-electron chi connectivity index (χ4n) is 3.30. The molecule has 6 nitrogen and oxygen atoms in total. The molecule has 3 rings (SSSR count). The molecule has 0 N–H and O–H groups in total. The first kappa shape index (κ1) is 19.9. The summed E-state index contributed by atoms with van der Waals surface area (Å²) in [6.45, 7) is 9.43. The Kier molecular flexibility index (Phi) is 6.93. The smallest absolute Gasteiger partial charge is 0.185 e. The van der Waals surface area contributed by atoms with Gasteiger partial charge in [0.25, 0.3) is 0 Å². The average Bonchev–Trinajstić information content (AvgIpc) is 3.14. The zero-order chi connectivity index (χ0) is 19.2. The number of hydrogen-bond acceptors (Lipinski definition) is 7. The number of hydrogen-bond donors (Lipinski definition) is 0. The van der Waals surface area contributed by atoms with Crippen LogP contribution in [0.1, 0.15) is 24.2 Å². The number of methoxy groups -OCH3 is 2. The Bertz CT molecular complexity index is 729. The fraction of sp³-hybridized carbons (Fsp3) is 0.550. The van der Waals surface area contributed by atoms with Crippen LogP contribution in [0.4, 0.5) is 5.13 Å². The number of benzene rings is 1. The van der Waals surface area contributed by atoms with Gasteiger partial charge in [-0.25, -0.2) is 4.98 Å². The fourth-order valence-corrected chi connectivity index (χ4v) is 4.15. The number of rotatable bonds is 8. The second-order valence-corrected chi connectivity index (χ2v) is 7.56. The normalized spacial score (nSPS) is 16.4. The van der Waals surface area contributed by atoms with Crippen LogP contribution in [0.25, 0.3) is 0 Å². The molecule has 1 aliphatic rings. The second kappa shape index (κ2) is 9.39. The van der Waals surface area contributed by atoms with Gasteiger partial charge < -0.3 is 19.1 Å². The summed E-state index contributed by atoms with van der Waals surface area (Å²) >= 11 is 1.73. The zero-order valence-electron chi connectivity index (χ0n) is 16.6. The molecule has 2 aromatic rings. The van der Waals surface area contributed by atoms with E-state index >= 15 is 0 Å². The van der Waals surface area contributed by atoms with Crippen molar-refractivity contribution < 1.29 is 14.2 Å². The van der Waals surface area contributed by atoms with Gasteiger partial charge in [-0.15, -0.1) is 11.3 Å². The number of anilines is 1. The molecule has 2 heterocycles. The third-order valence-electron chi connectivity index (χ3n) is 4.95. The van der Waals surface area contributed by atoms with E-state index in [0.29, 0.717) is 19.3 Å². The van der Waals surface area contributed by atoms with E-state index in [9.17, 15) is 0 Å². The van der Waals surface area contributed by atoms with Crippen LogP contribution >= 0.6 is 11.3 Å².